The monoisotopic (exact) mass is 391 g/mol. The van der Waals surface area contributed by atoms with Crippen LogP contribution >= 0.6 is 11.6 Å². The summed E-state index contributed by atoms with van der Waals surface area (Å²) < 4.78 is 11.0. The average Bonchev–Trinajstić information content (AvgIpc) is 3.30. The number of aromatic carboxylic acids is 1. The third-order valence-electron chi connectivity index (χ3n) is 4.19. The highest BCUT2D eigenvalue weighted by atomic mass is 35.5. The highest BCUT2D eigenvalue weighted by molar-refractivity contribution is 6.30. The van der Waals surface area contributed by atoms with Crippen molar-refractivity contribution >= 4 is 35.4 Å². The number of hydrogen-bond acceptors (Lipinski definition) is 5. The zero-order valence-electron chi connectivity index (χ0n) is 14.3. The van der Waals surface area contributed by atoms with Crippen LogP contribution < -0.4 is 5.11 Å². The molecule has 2 aromatic carbocycles. The highest BCUT2D eigenvalue weighted by Crippen LogP contribution is 2.30. The summed E-state index contributed by atoms with van der Waals surface area (Å²) in [7, 11) is 0. The number of carboxylic acids is 1. The minimum absolute atomic E-state index is 0.0289. The van der Waals surface area contributed by atoms with Crippen molar-refractivity contribution in [1.29, 1.82) is 0 Å². The minimum Gasteiger partial charge on any atom is -0.545 e. The maximum absolute atomic E-state index is 12.2. The van der Waals surface area contributed by atoms with Gasteiger partial charge in [-0.2, -0.15) is 0 Å². The molecule has 0 atom stereocenters. The molecule has 5 nitrogen and oxygen atoms in total. The third-order valence-corrected chi connectivity index (χ3v) is 4.44. The van der Waals surface area contributed by atoms with E-state index in [-0.39, 0.29) is 5.56 Å². The van der Waals surface area contributed by atoms with Crippen LogP contribution in [0.3, 0.4) is 0 Å². The van der Waals surface area contributed by atoms with E-state index in [0.29, 0.717) is 33.4 Å². The predicted molar refractivity (Wildman–Crippen MR) is 102 cm³/mol. The predicted octanol–water partition coefficient (Wildman–Crippen LogP) is 3.94. The lowest BCUT2D eigenvalue weighted by Crippen LogP contribution is -2.22. The van der Waals surface area contributed by atoms with E-state index in [1.807, 2.05) is 0 Å². The van der Waals surface area contributed by atoms with Crippen LogP contribution in [0, 0.1) is 0 Å². The molecule has 138 valence electrons. The Bertz CT molecular complexity index is 1140. The van der Waals surface area contributed by atoms with Gasteiger partial charge in [0.1, 0.15) is 17.3 Å². The zero-order valence-corrected chi connectivity index (χ0v) is 15.1. The molecule has 0 spiro atoms. The Kier molecular flexibility index (Phi) is 4.59. The average molecular weight is 392 g/mol. The van der Waals surface area contributed by atoms with Crippen molar-refractivity contribution in [3.8, 4) is 11.3 Å². The molecule has 0 saturated heterocycles. The van der Waals surface area contributed by atoms with Crippen molar-refractivity contribution < 1.29 is 23.8 Å². The Morgan fingerprint density at radius 1 is 1.00 bits per heavy atom. The van der Waals surface area contributed by atoms with Gasteiger partial charge in [-0.1, -0.05) is 35.9 Å². The van der Waals surface area contributed by atoms with E-state index in [1.165, 1.54) is 12.1 Å². The molecule has 3 aromatic rings. The summed E-state index contributed by atoms with van der Waals surface area (Å²) in [4.78, 5) is 23.4. The number of ether oxygens (including phenoxy) is 1. The van der Waals surface area contributed by atoms with Crippen molar-refractivity contribution in [3.63, 3.8) is 0 Å². The number of benzene rings is 2. The Hall–Kier alpha value is -3.57. The summed E-state index contributed by atoms with van der Waals surface area (Å²) in [5.74, 6) is -0.620. The van der Waals surface area contributed by atoms with Crippen molar-refractivity contribution in [2.24, 2.45) is 0 Å². The first-order valence-corrected chi connectivity index (χ1v) is 8.71. The minimum atomic E-state index is -1.29. The van der Waals surface area contributed by atoms with Crippen molar-refractivity contribution in [1.82, 2.24) is 0 Å². The van der Waals surface area contributed by atoms with E-state index in [0.717, 1.165) is 5.56 Å². The van der Waals surface area contributed by atoms with Gasteiger partial charge in [-0.3, -0.25) is 0 Å². The Morgan fingerprint density at radius 2 is 1.75 bits per heavy atom. The van der Waals surface area contributed by atoms with E-state index in [2.05, 4.69) is 0 Å². The molecule has 0 bridgehead atoms. The van der Waals surface area contributed by atoms with Crippen LogP contribution in [-0.4, -0.2) is 11.9 Å². The maximum atomic E-state index is 12.2. The van der Waals surface area contributed by atoms with Gasteiger partial charge in [0.2, 0.25) is 0 Å². The van der Waals surface area contributed by atoms with Gasteiger partial charge >= 0.3 is 5.97 Å². The van der Waals surface area contributed by atoms with Gasteiger partial charge in [0.25, 0.3) is 0 Å². The molecule has 0 fully saturated rings. The summed E-state index contributed by atoms with van der Waals surface area (Å²) in [6, 6.07) is 16.6. The molecule has 4 rings (SSSR count). The number of hydrogen-bond donors (Lipinski definition) is 0. The number of rotatable bonds is 4. The van der Waals surface area contributed by atoms with Crippen LogP contribution in [0.1, 0.15) is 21.7 Å². The SMILES string of the molecule is O=C1OC(c2ccc(Cl)cc2)=C/C1=C\c1ccc(-c2ccccc2C(=O)[O-])o1. The molecule has 0 aliphatic carbocycles. The van der Waals surface area contributed by atoms with Crippen molar-refractivity contribution in [3.05, 3.63) is 94.2 Å². The number of esters is 1. The standard InChI is InChI=1S/C22H13ClO5/c23-15-7-5-13(6-8-15)20-12-14(22(26)28-20)11-16-9-10-19(27-16)17-3-1-2-4-18(17)21(24)25/h1-12H,(H,24,25)/p-1/b14-11+. The van der Waals surface area contributed by atoms with Gasteiger partial charge < -0.3 is 19.1 Å². The molecule has 1 aromatic heterocycles. The van der Waals surface area contributed by atoms with Crippen LogP contribution in [0.5, 0.6) is 0 Å². The van der Waals surface area contributed by atoms with E-state index in [1.54, 1.807) is 60.7 Å². The summed E-state index contributed by atoms with van der Waals surface area (Å²) >= 11 is 5.87. The number of halogens is 1. The summed E-state index contributed by atoms with van der Waals surface area (Å²) in [5.41, 5.74) is 1.47. The molecule has 0 saturated carbocycles. The van der Waals surface area contributed by atoms with Crippen molar-refractivity contribution in [2.75, 3.05) is 0 Å². The van der Waals surface area contributed by atoms with E-state index in [9.17, 15) is 14.7 Å². The fourth-order valence-corrected chi connectivity index (χ4v) is 2.98. The van der Waals surface area contributed by atoms with Crippen LogP contribution in [0.2, 0.25) is 5.02 Å². The molecular weight excluding hydrogens is 380 g/mol. The van der Waals surface area contributed by atoms with Crippen LogP contribution in [-0.2, 0) is 9.53 Å². The van der Waals surface area contributed by atoms with Crippen LogP contribution in [0.4, 0.5) is 0 Å². The Balaban J connectivity index is 1.65. The topological polar surface area (TPSA) is 79.6 Å². The summed E-state index contributed by atoms with van der Waals surface area (Å²) in [6.45, 7) is 0. The lowest BCUT2D eigenvalue weighted by atomic mass is 10.1. The smallest absolute Gasteiger partial charge is 0.343 e. The lowest BCUT2D eigenvalue weighted by Gasteiger charge is -2.07. The van der Waals surface area contributed by atoms with Gasteiger partial charge in [0.05, 0.1) is 11.5 Å². The second-order valence-corrected chi connectivity index (χ2v) is 6.48. The molecular formula is C22H12ClO5-. The molecule has 2 heterocycles. The fraction of sp³-hybridized carbons (Fsp3) is 0. The maximum Gasteiger partial charge on any atom is 0.343 e. The zero-order chi connectivity index (χ0) is 19.7. The van der Waals surface area contributed by atoms with Crippen molar-refractivity contribution in [2.45, 2.75) is 0 Å². The van der Waals surface area contributed by atoms with E-state index < -0.39 is 11.9 Å². The molecule has 1 aliphatic heterocycles. The molecule has 0 radical (unpaired) electrons. The molecule has 0 N–H and O–H groups in total. The molecule has 6 heteroatoms. The highest BCUT2D eigenvalue weighted by Gasteiger charge is 2.22. The number of carbonyl (C=O) groups excluding carboxylic acids is 2. The van der Waals surface area contributed by atoms with Gasteiger partial charge in [0, 0.05) is 21.7 Å². The fourth-order valence-electron chi connectivity index (χ4n) is 2.85. The Labute approximate surface area is 165 Å². The van der Waals surface area contributed by atoms with Crippen LogP contribution in [0.25, 0.3) is 23.2 Å². The molecule has 28 heavy (non-hydrogen) atoms. The van der Waals surface area contributed by atoms with Crippen LogP contribution in [0.15, 0.2) is 76.7 Å². The summed E-state index contributed by atoms with van der Waals surface area (Å²) in [5, 5.41) is 11.9. The van der Waals surface area contributed by atoms with E-state index in [4.69, 9.17) is 20.8 Å². The number of carboxylic acid groups (broad SMARTS) is 1. The Morgan fingerprint density at radius 3 is 2.50 bits per heavy atom. The first kappa shape index (κ1) is 17.8. The first-order valence-electron chi connectivity index (χ1n) is 8.33. The second kappa shape index (κ2) is 7.21. The van der Waals surface area contributed by atoms with Gasteiger partial charge in [0.15, 0.2) is 0 Å². The number of carbonyl (C=O) groups is 2. The second-order valence-electron chi connectivity index (χ2n) is 6.04. The number of furan rings is 1. The van der Waals surface area contributed by atoms with E-state index >= 15 is 0 Å². The number of cyclic esters (lactones) is 1. The van der Waals surface area contributed by atoms with Gasteiger partial charge in [-0.05, 0) is 48.6 Å². The molecule has 0 amide bonds. The lowest BCUT2D eigenvalue weighted by molar-refractivity contribution is -0.254. The van der Waals surface area contributed by atoms with Gasteiger partial charge in [-0.25, -0.2) is 4.79 Å². The molecule has 1 aliphatic rings. The normalized spacial score (nSPS) is 14.8. The van der Waals surface area contributed by atoms with Gasteiger partial charge in [-0.15, -0.1) is 0 Å². The first-order chi connectivity index (χ1) is 13.5. The largest absolute Gasteiger partial charge is 0.545 e. The summed E-state index contributed by atoms with van der Waals surface area (Å²) in [6.07, 6.45) is 3.15. The molecule has 0 unspecified atom stereocenters. The third kappa shape index (κ3) is 3.48. The quantitative estimate of drug-likeness (QED) is 0.497.